The fourth-order valence-corrected chi connectivity index (χ4v) is 4.17. The van der Waals surface area contributed by atoms with Crippen molar-refractivity contribution in [3.63, 3.8) is 0 Å². The van der Waals surface area contributed by atoms with Gasteiger partial charge in [-0.25, -0.2) is 4.79 Å². The van der Waals surface area contributed by atoms with Crippen LogP contribution in [0.1, 0.15) is 31.8 Å². The Bertz CT molecular complexity index is 1630. The first-order valence-electron chi connectivity index (χ1n) is 12.6. The molecule has 4 rings (SSSR count). The number of halogens is 3. The van der Waals surface area contributed by atoms with Crippen LogP contribution in [-0.4, -0.2) is 31.6 Å². The van der Waals surface area contributed by atoms with E-state index in [-0.39, 0.29) is 28.6 Å². The third-order valence-electron chi connectivity index (χ3n) is 6.28. The number of hydrogen-bond acceptors (Lipinski definition) is 7. The molecule has 7 nitrogen and oxygen atoms in total. The Labute approximate surface area is 240 Å². The summed E-state index contributed by atoms with van der Waals surface area (Å²) in [6.07, 6.45) is -1.49. The van der Waals surface area contributed by atoms with Crippen molar-refractivity contribution in [2.24, 2.45) is 0 Å². The van der Waals surface area contributed by atoms with E-state index >= 15 is 0 Å². The van der Waals surface area contributed by atoms with Gasteiger partial charge in [-0.2, -0.15) is 13.2 Å². The summed E-state index contributed by atoms with van der Waals surface area (Å²) in [7, 11) is 1.39. The molecule has 0 fully saturated rings. The standard InChI is InChI=1S/C32H27F3N2O5/c1-19-25(21-5-9-23(36)10-6-21)13-14-26(37)30(19)27(38)15-3-20-4-16-28(29(17-20)40-2)42-31(39)22-7-11-24(12-8-22)41-18-32(33,34)35/h3-17H,18,36-37H2,1-2H3. The molecule has 216 valence electrons. The Morgan fingerprint density at radius 3 is 2.21 bits per heavy atom. The maximum Gasteiger partial charge on any atom is 0.422 e. The molecular weight excluding hydrogens is 549 g/mol. The van der Waals surface area contributed by atoms with Crippen LogP contribution in [0.5, 0.6) is 17.2 Å². The van der Waals surface area contributed by atoms with E-state index in [9.17, 15) is 22.8 Å². The Morgan fingerprint density at radius 1 is 0.881 bits per heavy atom. The molecule has 0 bridgehead atoms. The maximum absolute atomic E-state index is 13.2. The molecular formula is C32H27F3N2O5. The molecule has 0 saturated heterocycles. The molecule has 4 aromatic rings. The number of benzene rings is 4. The van der Waals surface area contributed by atoms with Crippen LogP contribution in [0, 0.1) is 6.92 Å². The van der Waals surface area contributed by atoms with Gasteiger partial charge in [0.25, 0.3) is 0 Å². The lowest BCUT2D eigenvalue weighted by molar-refractivity contribution is -0.153. The number of allylic oxidation sites excluding steroid dienone is 1. The first-order chi connectivity index (χ1) is 19.9. The van der Waals surface area contributed by atoms with Crippen LogP contribution >= 0.6 is 0 Å². The van der Waals surface area contributed by atoms with Gasteiger partial charge in [0, 0.05) is 16.9 Å². The Hall–Kier alpha value is -5.25. The van der Waals surface area contributed by atoms with Crippen LogP contribution in [0.15, 0.2) is 84.9 Å². The fraction of sp³-hybridized carbons (Fsp3) is 0.125. The van der Waals surface area contributed by atoms with Gasteiger partial charge < -0.3 is 25.7 Å². The lowest BCUT2D eigenvalue weighted by Crippen LogP contribution is -2.19. The van der Waals surface area contributed by atoms with Gasteiger partial charge in [0.15, 0.2) is 23.9 Å². The topological polar surface area (TPSA) is 114 Å². The second-order valence-corrected chi connectivity index (χ2v) is 9.25. The van der Waals surface area contributed by atoms with Crippen molar-refractivity contribution in [3.05, 3.63) is 107 Å². The van der Waals surface area contributed by atoms with Crippen molar-refractivity contribution in [2.75, 3.05) is 25.2 Å². The van der Waals surface area contributed by atoms with Crippen LogP contribution in [0.4, 0.5) is 24.5 Å². The van der Waals surface area contributed by atoms with Gasteiger partial charge in [-0.1, -0.05) is 30.3 Å². The third-order valence-corrected chi connectivity index (χ3v) is 6.28. The minimum absolute atomic E-state index is 0.0407. The maximum atomic E-state index is 13.2. The smallest absolute Gasteiger partial charge is 0.422 e. The summed E-state index contributed by atoms with van der Waals surface area (Å²) in [5.41, 5.74) is 16.5. The van der Waals surface area contributed by atoms with E-state index in [2.05, 4.69) is 4.74 Å². The van der Waals surface area contributed by atoms with E-state index < -0.39 is 18.8 Å². The Balaban J connectivity index is 1.48. The van der Waals surface area contributed by atoms with E-state index in [1.807, 2.05) is 25.1 Å². The number of carbonyl (C=O) groups is 2. The molecule has 0 radical (unpaired) electrons. The number of alkyl halides is 3. The van der Waals surface area contributed by atoms with Gasteiger partial charge in [-0.15, -0.1) is 0 Å². The van der Waals surface area contributed by atoms with E-state index in [4.69, 9.17) is 20.9 Å². The summed E-state index contributed by atoms with van der Waals surface area (Å²) in [5.74, 6) is -0.745. The van der Waals surface area contributed by atoms with Crippen LogP contribution in [-0.2, 0) is 0 Å². The highest BCUT2D eigenvalue weighted by Gasteiger charge is 2.28. The number of nitrogens with two attached hydrogens (primary N) is 2. The van der Waals surface area contributed by atoms with E-state index in [0.29, 0.717) is 22.5 Å². The van der Waals surface area contributed by atoms with Gasteiger partial charge in [0.1, 0.15) is 5.75 Å². The molecule has 0 unspecified atom stereocenters. The Morgan fingerprint density at radius 2 is 1.57 bits per heavy atom. The quantitative estimate of drug-likeness (QED) is 0.0733. The average Bonchev–Trinajstić information content (AvgIpc) is 2.96. The fourth-order valence-electron chi connectivity index (χ4n) is 4.17. The number of nitrogen functional groups attached to an aromatic ring is 2. The zero-order valence-corrected chi connectivity index (χ0v) is 22.7. The molecule has 10 heteroatoms. The minimum atomic E-state index is -4.47. The van der Waals surface area contributed by atoms with Crippen LogP contribution in [0.3, 0.4) is 0 Å². The van der Waals surface area contributed by atoms with Crippen molar-refractivity contribution in [2.45, 2.75) is 13.1 Å². The van der Waals surface area contributed by atoms with Gasteiger partial charge >= 0.3 is 12.1 Å². The van der Waals surface area contributed by atoms with Gasteiger partial charge in [0.2, 0.25) is 0 Å². The van der Waals surface area contributed by atoms with Crippen molar-refractivity contribution in [1.82, 2.24) is 0 Å². The molecule has 0 atom stereocenters. The second-order valence-electron chi connectivity index (χ2n) is 9.25. The highest BCUT2D eigenvalue weighted by atomic mass is 19.4. The van der Waals surface area contributed by atoms with E-state index in [1.54, 1.807) is 36.4 Å². The summed E-state index contributed by atoms with van der Waals surface area (Å²) >= 11 is 0. The molecule has 0 heterocycles. The van der Waals surface area contributed by atoms with Crippen molar-refractivity contribution in [3.8, 4) is 28.4 Å². The lowest BCUT2D eigenvalue weighted by atomic mass is 9.93. The predicted octanol–water partition coefficient (Wildman–Crippen LogP) is 6.89. The molecule has 4 N–H and O–H groups in total. The molecule has 0 aliphatic heterocycles. The van der Waals surface area contributed by atoms with Crippen molar-refractivity contribution >= 4 is 29.2 Å². The minimum Gasteiger partial charge on any atom is -0.493 e. The van der Waals surface area contributed by atoms with Crippen LogP contribution in [0.2, 0.25) is 0 Å². The second kappa shape index (κ2) is 12.5. The Kier molecular flexibility index (Phi) is 8.85. The summed E-state index contributed by atoms with van der Waals surface area (Å²) in [6, 6.07) is 20.7. The number of methoxy groups -OCH3 is 1. The summed E-state index contributed by atoms with van der Waals surface area (Å²) in [4.78, 5) is 25.8. The van der Waals surface area contributed by atoms with Crippen LogP contribution < -0.4 is 25.7 Å². The molecule has 0 saturated carbocycles. The van der Waals surface area contributed by atoms with Gasteiger partial charge in [-0.3, -0.25) is 4.79 Å². The first kappa shape index (κ1) is 29.7. The molecule has 0 aromatic heterocycles. The zero-order valence-electron chi connectivity index (χ0n) is 22.7. The molecule has 0 spiro atoms. The van der Waals surface area contributed by atoms with Crippen molar-refractivity contribution in [1.29, 1.82) is 0 Å². The summed E-state index contributed by atoms with van der Waals surface area (Å²) in [6.45, 7) is 0.391. The molecule has 4 aromatic carbocycles. The SMILES string of the molecule is COc1cc(C=CC(=O)c2c(N)ccc(-c3ccc(N)cc3)c2C)ccc1OC(=O)c1ccc(OCC(F)(F)F)cc1. The molecule has 0 aliphatic rings. The molecule has 0 aliphatic carbocycles. The first-order valence-corrected chi connectivity index (χ1v) is 12.6. The van der Waals surface area contributed by atoms with E-state index in [1.165, 1.54) is 43.5 Å². The lowest BCUT2D eigenvalue weighted by Gasteiger charge is -2.13. The summed E-state index contributed by atoms with van der Waals surface area (Å²) < 4.78 is 52.4. The molecule has 42 heavy (non-hydrogen) atoms. The van der Waals surface area contributed by atoms with E-state index in [0.717, 1.165) is 16.7 Å². The number of rotatable bonds is 9. The number of ketones is 1. The third kappa shape index (κ3) is 7.28. The highest BCUT2D eigenvalue weighted by Crippen LogP contribution is 2.32. The molecule has 0 amide bonds. The number of anilines is 2. The number of carbonyl (C=O) groups excluding carboxylic acids is 2. The zero-order chi connectivity index (χ0) is 30.4. The summed E-state index contributed by atoms with van der Waals surface area (Å²) in [5, 5.41) is 0. The highest BCUT2D eigenvalue weighted by molar-refractivity contribution is 6.12. The number of esters is 1. The monoisotopic (exact) mass is 576 g/mol. The van der Waals surface area contributed by atoms with Crippen molar-refractivity contribution < 1.29 is 37.0 Å². The normalized spacial score (nSPS) is 11.4. The average molecular weight is 577 g/mol. The number of ether oxygens (including phenoxy) is 3. The number of hydrogen-bond donors (Lipinski definition) is 2. The van der Waals surface area contributed by atoms with Gasteiger partial charge in [-0.05, 0) is 89.9 Å². The largest absolute Gasteiger partial charge is 0.493 e. The van der Waals surface area contributed by atoms with Gasteiger partial charge in [0.05, 0.1) is 12.7 Å². The van der Waals surface area contributed by atoms with Crippen LogP contribution in [0.25, 0.3) is 17.2 Å². The predicted molar refractivity (Wildman–Crippen MR) is 155 cm³/mol.